The Morgan fingerprint density at radius 2 is 1.01 bits per heavy atom. The van der Waals surface area contributed by atoms with Crippen molar-refractivity contribution < 1.29 is 14.2 Å². The normalized spacial score (nSPS) is 19.1. The maximum Gasteiger partial charge on any atom is 0.158 e. The number of fused-ring (bicyclic) bond motifs is 6. The van der Waals surface area contributed by atoms with Gasteiger partial charge < -0.3 is 27.4 Å². The number of hydrogen-bond acceptors (Lipinski definition) is 12. The van der Waals surface area contributed by atoms with E-state index in [2.05, 4.69) is 49.8 Å². The topological polar surface area (TPSA) is 171 Å². The Bertz CT molecular complexity index is 3950. The van der Waals surface area contributed by atoms with Crippen molar-refractivity contribution in [2.24, 2.45) is 14.1 Å². The van der Waals surface area contributed by atoms with Gasteiger partial charge in [-0.25, -0.2) is 24.5 Å². The van der Waals surface area contributed by atoms with Crippen molar-refractivity contribution in [1.82, 2.24) is 72.3 Å². The number of nitrogens with zero attached hydrogens (tertiary/aromatic N) is 15. The third-order valence-electron chi connectivity index (χ3n) is 14.2. The lowest BCUT2D eigenvalue weighted by molar-refractivity contribution is 0.414. The molecule has 3 aliphatic rings. The van der Waals surface area contributed by atoms with Gasteiger partial charge >= 0.3 is 0 Å². The highest BCUT2D eigenvalue weighted by Gasteiger charge is 2.46. The van der Waals surface area contributed by atoms with Crippen LogP contribution >= 0.6 is 0 Å². The van der Waals surface area contributed by atoms with Gasteiger partial charge in [0.05, 0.1) is 61.5 Å². The lowest BCUT2D eigenvalue weighted by Gasteiger charge is -2.00. The standard InChI is InChI=1S/2C18H17N5O.C17H15N5O.2C2H6/c1-22-15-4-3-6-19-18(15)17(21-22)13-9-12(13)14-10-23-7-5-11(24-2)8-16(23)20-14;1-22-18(17-14(21-22)4-3-6-19-17)13-9-12(13)15-10-23-7-5-11(24-2)8-16(23)20-15;1-23-11-3-6-21-10-15(20-16(21)7-11)13-8-12(13)14-9-19-22-5-2-4-18-17(14)22;2*1-2/h2*3-8,10,12-13H,9H2,1-2H3;2-7,9-10,12-13H,8H2,1H3;2*1-2H3. The molecular formula is C57H61N15O3. The summed E-state index contributed by atoms with van der Waals surface area (Å²) in [4.78, 5) is 27.8. The van der Waals surface area contributed by atoms with Crippen LogP contribution in [0.15, 0.2) is 135 Å². The van der Waals surface area contributed by atoms with Crippen LogP contribution in [0.1, 0.15) is 116 Å². The average molecular weight is 1000 g/mol. The first-order valence-corrected chi connectivity index (χ1v) is 25.7. The molecule has 0 radical (unpaired) electrons. The van der Waals surface area contributed by atoms with E-state index >= 15 is 0 Å². The van der Waals surface area contributed by atoms with Gasteiger partial charge in [0.15, 0.2) is 5.65 Å². The summed E-state index contributed by atoms with van der Waals surface area (Å²) in [6.45, 7) is 8.00. The van der Waals surface area contributed by atoms with E-state index in [1.54, 1.807) is 21.3 Å². The number of aromatic nitrogens is 15. The summed E-state index contributed by atoms with van der Waals surface area (Å²) in [5.74, 6) is 5.05. The van der Waals surface area contributed by atoms with Crippen LogP contribution in [-0.4, -0.2) is 93.6 Å². The van der Waals surface area contributed by atoms with E-state index < -0.39 is 0 Å². The van der Waals surface area contributed by atoms with Crippen LogP contribution < -0.4 is 14.2 Å². The van der Waals surface area contributed by atoms with E-state index in [0.29, 0.717) is 35.5 Å². The monoisotopic (exact) mass is 1000 g/mol. The zero-order valence-corrected chi connectivity index (χ0v) is 43.7. The summed E-state index contributed by atoms with van der Waals surface area (Å²) in [7, 11) is 8.99. The molecule has 0 aliphatic heterocycles. The Kier molecular flexibility index (Phi) is 13.2. The van der Waals surface area contributed by atoms with E-state index in [0.717, 1.165) is 104 Å². The molecule has 15 rings (SSSR count). The van der Waals surface area contributed by atoms with Crippen LogP contribution in [0.5, 0.6) is 17.2 Å². The van der Waals surface area contributed by atoms with Crippen LogP contribution in [0.2, 0.25) is 0 Å². The quantitative estimate of drug-likeness (QED) is 0.134. The number of hydrogen-bond donors (Lipinski definition) is 0. The summed E-state index contributed by atoms with van der Waals surface area (Å²) >= 11 is 0. The fourth-order valence-corrected chi connectivity index (χ4v) is 10.3. The Balaban J connectivity index is 0.000000116. The van der Waals surface area contributed by atoms with Crippen molar-refractivity contribution in [3.05, 3.63) is 169 Å². The third-order valence-corrected chi connectivity index (χ3v) is 14.2. The molecular weight excluding hydrogens is 943 g/mol. The highest BCUT2D eigenvalue weighted by atomic mass is 16.5. The smallest absolute Gasteiger partial charge is 0.158 e. The molecule has 0 aromatic carbocycles. The fraction of sp³-hybridized carbons (Fsp3) is 0.316. The summed E-state index contributed by atoms with van der Waals surface area (Å²) in [5, 5.41) is 13.7. The van der Waals surface area contributed by atoms with Gasteiger partial charge in [-0.2, -0.15) is 15.3 Å². The number of methoxy groups -OCH3 is 3. The van der Waals surface area contributed by atoms with Gasteiger partial charge in [-0.3, -0.25) is 19.3 Å². The average Bonchev–Trinajstić information content (AvgIpc) is 4.35. The molecule has 0 bridgehead atoms. The minimum absolute atomic E-state index is 0.399. The first kappa shape index (κ1) is 48.6. The van der Waals surface area contributed by atoms with Gasteiger partial charge in [-0.05, 0) is 73.7 Å². The first-order chi connectivity index (χ1) is 36.8. The highest BCUT2D eigenvalue weighted by Crippen LogP contribution is 2.57. The second-order valence-corrected chi connectivity index (χ2v) is 18.6. The summed E-state index contributed by atoms with van der Waals surface area (Å²) in [6.07, 6.45) is 24.9. The van der Waals surface area contributed by atoms with Gasteiger partial charge in [-0.1, -0.05) is 27.7 Å². The second kappa shape index (κ2) is 20.3. The SMILES string of the molecule is CC.CC.COc1ccn2cc(C3CC3c3c4ncccc4nn3C)nc2c1.COc1ccn2cc(C3CC3c3cnn4cccnc34)nc2c1.COc1ccn2cc(C3CC3c3nn(C)c4cccnc34)nc2c1. The lowest BCUT2D eigenvalue weighted by Crippen LogP contribution is -1.97. The first-order valence-electron chi connectivity index (χ1n) is 25.7. The predicted octanol–water partition coefficient (Wildman–Crippen LogP) is 10.5. The second-order valence-electron chi connectivity index (χ2n) is 18.6. The molecule has 18 heteroatoms. The number of rotatable bonds is 9. The maximum absolute atomic E-state index is 5.28. The number of aryl methyl sites for hydroxylation is 2. The zero-order valence-electron chi connectivity index (χ0n) is 43.7. The molecule has 12 aromatic heterocycles. The molecule has 12 aromatic rings. The molecule has 75 heavy (non-hydrogen) atoms. The van der Waals surface area contributed by atoms with Crippen LogP contribution in [0.4, 0.5) is 0 Å². The van der Waals surface area contributed by atoms with Crippen molar-refractivity contribution in [3.63, 3.8) is 0 Å². The van der Waals surface area contributed by atoms with Gasteiger partial charge in [0.1, 0.15) is 50.7 Å². The molecule has 382 valence electrons. The highest BCUT2D eigenvalue weighted by molar-refractivity contribution is 5.79. The van der Waals surface area contributed by atoms with E-state index in [-0.39, 0.29) is 0 Å². The Morgan fingerprint density at radius 3 is 1.60 bits per heavy atom. The molecule has 0 N–H and O–H groups in total. The summed E-state index contributed by atoms with van der Waals surface area (Å²) in [6, 6.07) is 21.6. The molecule has 3 saturated carbocycles. The molecule has 18 nitrogen and oxygen atoms in total. The van der Waals surface area contributed by atoms with Crippen molar-refractivity contribution in [2.75, 3.05) is 21.3 Å². The lowest BCUT2D eigenvalue weighted by atomic mass is 10.1. The molecule has 3 fully saturated rings. The molecule has 6 atom stereocenters. The van der Waals surface area contributed by atoms with Crippen LogP contribution in [0, 0.1) is 0 Å². The van der Waals surface area contributed by atoms with Gasteiger partial charge in [0.2, 0.25) is 0 Å². The van der Waals surface area contributed by atoms with E-state index in [1.807, 2.05) is 179 Å². The zero-order chi connectivity index (χ0) is 51.9. The minimum Gasteiger partial charge on any atom is -0.497 e. The molecule has 0 amide bonds. The van der Waals surface area contributed by atoms with Crippen molar-refractivity contribution in [3.8, 4) is 17.2 Å². The van der Waals surface area contributed by atoms with Crippen LogP contribution in [-0.2, 0) is 14.1 Å². The Labute approximate surface area is 433 Å². The minimum atomic E-state index is 0.399. The van der Waals surface area contributed by atoms with Crippen molar-refractivity contribution in [2.45, 2.75) is 82.5 Å². The van der Waals surface area contributed by atoms with Gasteiger partial charge in [0.25, 0.3) is 0 Å². The van der Waals surface area contributed by atoms with Crippen molar-refractivity contribution >= 4 is 44.7 Å². The predicted molar refractivity (Wildman–Crippen MR) is 288 cm³/mol. The molecule has 6 unspecified atom stereocenters. The number of pyridine rings is 5. The van der Waals surface area contributed by atoms with Crippen LogP contribution in [0.3, 0.4) is 0 Å². The maximum atomic E-state index is 5.28. The van der Waals surface area contributed by atoms with Gasteiger partial charge in [0, 0.05) is 129 Å². The van der Waals surface area contributed by atoms with E-state index in [1.165, 1.54) is 11.3 Å². The van der Waals surface area contributed by atoms with Gasteiger partial charge in [-0.15, -0.1) is 0 Å². The number of ether oxygens (including phenoxy) is 3. The third kappa shape index (κ3) is 9.25. The number of imidazole rings is 3. The molecule has 3 aliphatic carbocycles. The molecule has 12 heterocycles. The van der Waals surface area contributed by atoms with Crippen LogP contribution in [0.25, 0.3) is 44.7 Å². The van der Waals surface area contributed by atoms with E-state index in [9.17, 15) is 0 Å². The van der Waals surface area contributed by atoms with Crippen molar-refractivity contribution in [1.29, 1.82) is 0 Å². The largest absolute Gasteiger partial charge is 0.497 e. The summed E-state index contributed by atoms with van der Waals surface area (Å²) in [5.41, 5.74) is 14.6. The molecule has 0 saturated heterocycles. The summed E-state index contributed by atoms with van der Waals surface area (Å²) < 4.78 is 27.7. The Morgan fingerprint density at radius 1 is 0.507 bits per heavy atom. The Hall–Kier alpha value is -8.67. The van der Waals surface area contributed by atoms with E-state index in [4.69, 9.17) is 34.3 Å². The molecule has 0 spiro atoms. The fourth-order valence-electron chi connectivity index (χ4n) is 10.3.